The molecule has 1 rings (SSSR count). The fourth-order valence-corrected chi connectivity index (χ4v) is 1.39. The fourth-order valence-electron chi connectivity index (χ4n) is 1.39. The third-order valence-corrected chi connectivity index (χ3v) is 2.40. The lowest BCUT2D eigenvalue weighted by Gasteiger charge is -2.04. The highest BCUT2D eigenvalue weighted by Gasteiger charge is 2.03. The minimum absolute atomic E-state index is 0.218. The zero-order chi connectivity index (χ0) is 10.6. The van der Waals surface area contributed by atoms with Crippen molar-refractivity contribution < 1.29 is 4.79 Å². The van der Waals surface area contributed by atoms with Crippen LogP contribution in [0, 0.1) is 13.8 Å². The van der Waals surface area contributed by atoms with Crippen LogP contribution in [0.5, 0.6) is 0 Å². The summed E-state index contributed by atoms with van der Waals surface area (Å²) in [5.41, 5.74) is 8.91. The van der Waals surface area contributed by atoms with E-state index in [1.54, 1.807) is 0 Å². The molecule has 0 aliphatic rings. The molecule has 0 bridgehead atoms. The summed E-state index contributed by atoms with van der Waals surface area (Å²) in [5, 5.41) is 0. The van der Waals surface area contributed by atoms with Crippen molar-refractivity contribution in [1.29, 1.82) is 0 Å². The Morgan fingerprint density at radius 3 is 2.57 bits per heavy atom. The Balaban J connectivity index is 2.68. The van der Waals surface area contributed by atoms with Crippen molar-refractivity contribution in [1.82, 2.24) is 0 Å². The zero-order valence-corrected chi connectivity index (χ0v) is 8.84. The average Bonchev–Trinajstić information content (AvgIpc) is 2.12. The highest BCUT2D eigenvalue weighted by molar-refractivity contribution is 5.81. The summed E-state index contributed by atoms with van der Waals surface area (Å²) in [6.45, 7) is 4.58. The van der Waals surface area contributed by atoms with Gasteiger partial charge in [0, 0.05) is 12.8 Å². The standard InChI is InChI=1S/C12H17NO/c1-9-3-4-11(7-10(9)2)8-12(14)5-6-13/h3-4,7H,5-6,8,13H2,1-2H3. The number of benzene rings is 1. The lowest BCUT2D eigenvalue weighted by Crippen LogP contribution is -2.10. The maximum atomic E-state index is 11.3. The second-order valence-electron chi connectivity index (χ2n) is 3.67. The summed E-state index contributed by atoms with van der Waals surface area (Å²) >= 11 is 0. The van der Waals surface area contributed by atoms with E-state index < -0.39 is 0 Å². The first-order valence-corrected chi connectivity index (χ1v) is 4.91. The first-order valence-electron chi connectivity index (χ1n) is 4.91. The molecule has 1 aromatic rings. The van der Waals surface area contributed by atoms with Gasteiger partial charge >= 0.3 is 0 Å². The van der Waals surface area contributed by atoms with Crippen molar-refractivity contribution in [3.8, 4) is 0 Å². The molecule has 0 atom stereocenters. The van der Waals surface area contributed by atoms with E-state index in [-0.39, 0.29) is 5.78 Å². The molecule has 0 saturated carbocycles. The van der Waals surface area contributed by atoms with E-state index in [2.05, 4.69) is 26.0 Å². The molecule has 76 valence electrons. The van der Waals surface area contributed by atoms with Gasteiger partial charge in [0.1, 0.15) is 5.78 Å². The van der Waals surface area contributed by atoms with E-state index in [4.69, 9.17) is 5.73 Å². The predicted octanol–water partition coefficient (Wildman–Crippen LogP) is 1.76. The molecule has 0 saturated heterocycles. The Kier molecular flexibility index (Phi) is 3.84. The number of rotatable bonds is 4. The molecule has 2 nitrogen and oxygen atoms in total. The van der Waals surface area contributed by atoms with Crippen molar-refractivity contribution in [3.05, 3.63) is 34.9 Å². The van der Waals surface area contributed by atoms with Gasteiger partial charge in [0.05, 0.1) is 0 Å². The molecule has 0 unspecified atom stereocenters. The predicted molar refractivity (Wildman–Crippen MR) is 58.3 cm³/mol. The lowest BCUT2D eigenvalue weighted by atomic mass is 10.0. The van der Waals surface area contributed by atoms with Gasteiger partial charge in [-0.1, -0.05) is 18.2 Å². The molecule has 2 N–H and O–H groups in total. The lowest BCUT2D eigenvalue weighted by molar-refractivity contribution is -0.118. The van der Waals surface area contributed by atoms with Crippen LogP contribution >= 0.6 is 0 Å². The van der Waals surface area contributed by atoms with Crippen molar-refractivity contribution in [3.63, 3.8) is 0 Å². The van der Waals surface area contributed by atoms with E-state index in [1.807, 2.05) is 6.07 Å². The molecule has 0 fully saturated rings. The molecular weight excluding hydrogens is 174 g/mol. The quantitative estimate of drug-likeness (QED) is 0.788. The van der Waals surface area contributed by atoms with Crippen molar-refractivity contribution in [2.45, 2.75) is 26.7 Å². The van der Waals surface area contributed by atoms with Gasteiger partial charge in [-0.15, -0.1) is 0 Å². The highest BCUT2D eigenvalue weighted by Crippen LogP contribution is 2.10. The number of hydrogen-bond acceptors (Lipinski definition) is 2. The van der Waals surface area contributed by atoms with Crippen molar-refractivity contribution in [2.24, 2.45) is 5.73 Å². The second kappa shape index (κ2) is 4.91. The number of Topliss-reactive ketones (excluding diaryl/α,β-unsaturated/α-hetero) is 1. The molecule has 14 heavy (non-hydrogen) atoms. The highest BCUT2D eigenvalue weighted by atomic mass is 16.1. The first kappa shape index (κ1) is 10.9. The van der Waals surface area contributed by atoms with E-state index in [0.29, 0.717) is 19.4 Å². The van der Waals surface area contributed by atoms with Gasteiger partial charge in [-0.3, -0.25) is 4.79 Å². The topological polar surface area (TPSA) is 43.1 Å². The van der Waals surface area contributed by atoms with Crippen LogP contribution in [-0.2, 0) is 11.2 Å². The monoisotopic (exact) mass is 191 g/mol. The molecule has 0 spiro atoms. The number of carbonyl (C=O) groups is 1. The minimum Gasteiger partial charge on any atom is -0.330 e. The molecule has 0 aromatic heterocycles. The summed E-state index contributed by atoms with van der Waals surface area (Å²) in [7, 11) is 0. The largest absolute Gasteiger partial charge is 0.330 e. The number of aryl methyl sites for hydroxylation is 2. The summed E-state index contributed by atoms with van der Waals surface area (Å²) in [6, 6.07) is 6.14. The van der Waals surface area contributed by atoms with Crippen LogP contribution in [0.3, 0.4) is 0 Å². The van der Waals surface area contributed by atoms with Gasteiger partial charge in [0.25, 0.3) is 0 Å². The van der Waals surface area contributed by atoms with Crippen LogP contribution in [0.25, 0.3) is 0 Å². The Hall–Kier alpha value is -1.15. The van der Waals surface area contributed by atoms with Crippen LogP contribution in [0.15, 0.2) is 18.2 Å². The summed E-state index contributed by atoms with van der Waals surface area (Å²) in [6.07, 6.45) is 0.991. The summed E-state index contributed by atoms with van der Waals surface area (Å²) < 4.78 is 0. The molecule has 2 heteroatoms. The second-order valence-corrected chi connectivity index (χ2v) is 3.67. The summed E-state index contributed by atoms with van der Waals surface area (Å²) in [4.78, 5) is 11.3. The molecule has 0 aliphatic heterocycles. The van der Waals surface area contributed by atoms with Gasteiger partial charge in [0.15, 0.2) is 0 Å². The maximum Gasteiger partial charge on any atom is 0.138 e. The van der Waals surface area contributed by atoms with Gasteiger partial charge in [-0.2, -0.15) is 0 Å². The molecule has 0 heterocycles. The Bertz CT molecular complexity index is 331. The number of ketones is 1. The van der Waals surface area contributed by atoms with E-state index in [0.717, 1.165) is 5.56 Å². The maximum absolute atomic E-state index is 11.3. The van der Waals surface area contributed by atoms with Gasteiger partial charge < -0.3 is 5.73 Å². The molecule has 0 aliphatic carbocycles. The van der Waals surface area contributed by atoms with Crippen LogP contribution in [0.4, 0.5) is 0 Å². The molecule has 1 aromatic carbocycles. The molecule has 0 amide bonds. The molecular formula is C12H17NO. The first-order chi connectivity index (χ1) is 6.63. The smallest absolute Gasteiger partial charge is 0.138 e. The third-order valence-electron chi connectivity index (χ3n) is 2.40. The zero-order valence-electron chi connectivity index (χ0n) is 8.84. The van der Waals surface area contributed by atoms with E-state index in [9.17, 15) is 4.79 Å². The fraction of sp³-hybridized carbons (Fsp3) is 0.417. The van der Waals surface area contributed by atoms with Gasteiger partial charge in [-0.25, -0.2) is 0 Å². The van der Waals surface area contributed by atoms with Crippen LogP contribution in [-0.4, -0.2) is 12.3 Å². The van der Waals surface area contributed by atoms with Crippen molar-refractivity contribution in [2.75, 3.05) is 6.54 Å². The van der Waals surface area contributed by atoms with Gasteiger partial charge in [0.2, 0.25) is 0 Å². The molecule has 0 radical (unpaired) electrons. The average molecular weight is 191 g/mol. The Labute approximate surface area is 85.1 Å². The van der Waals surface area contributed by atoms with Crippen molar-refractivity contribution >= 4 is 5.78 Å². The summed E-state index contributed by atoms with van der Waals surface area (Å²) in [5.74, 6) is 0.218. The Morgan fingerprint density at radius 1 is 1.29 bits per heavy atom. The van der Waals surface area contributed by atoms with E-state index >= 15 is 0 Å². The third kappa shape index (κ3) is 2.96. The Morgan fingerprint density at radius 2 is 2.00 bits per heavy atom. The van der Waals surface area contributed by atoms with Crippen LogP contribution in [0.2, 0.25) is 0 Å². The number of nitrogens with two attached hydrogens (primary N) is 1. The number of hydrogen-bond donors (Lipinski definition) is 1. The van der Waals surface area contributed by atoms with Crippen LogP contribution in [0.1, 0.15) is 23.1 Å². The number of carbonyl (C=O) groups excluding carboxylic acids is 1. The van der Waals surface area contributed by atoms with E-state index in [1.165, 1.54) is 11.1 Å². The normalized spacial score (nSPS) is 10.2. The SMILES string of the molecule is Cc1ccc(CC(=O)CCN)cc1C. The van der Waals surface area contributed by atoms with Gasteiger partial charge in [-0.05, 0) is 37.1 Å². The van der Waals surface area contributed by atoms with Crippen LogP contribution < -0.4 is 5.73 Å². The minimum atomic E-state index is 0.218.